The minimum absolute atomic E-state index is 0.163. The van der Waals surface area contributed by atoms with Crippen molar-refractivity contribution in [3.8, 4) is 11.8 Å². The number of nitrogens with one attached hydrogen (secondary N) is 1. The molecule has 4 rings (SSSR count). The average molecular weight is 493 g/mol. The minimum atomic E-state index is -4.10. The maximum Gasteiger partial charge on any atom is 0.333 e. The summed E-state index contributed by atoms with van der Waals surface area (Å²) in [7, 11) is -4.10. The van der Waals surface area contributed by atoms with Crippen LogP contribution in [0.3, 0.4) is 0 Å². The number of aliphatic hydroxyl groups is 2. The van der Waals surface area contributed by atoms with E-state index < -0.39 is 33.7 Å². The summed E-state index contributed by atoms with van der Waals surface area (Å²) in [5.41, 5.74) is -0.764. The van der Waals surface area contributed by atoms with Crippen molar-refractivity contribution in [2.75, 3.05) is 25.1 Å². The number of carbonyl (C=O) groups is 1. The molecule has 5 N–H and O–H groups in total. The van der Waals surface area contributed by atoms with Crippen molar-refractivity contribution in [2.45, 2.75) is 37.1 Å². The largest absolute Gasteiger partial charge is 0.393 e. The summed E-state index contributed by atoms with van der Waals surface area (Å²) in [5, 5.41) is 32.4. The fourth-order valence-corrected chi connectivity index (χ4v) is 4.11. The summed E-state index contributed by atoms with van der Waals surface area (Å²) < 4.78 is 33.0. The van der Waals surface area contributed by atoms with Gasteiger partial charge in [-0.15, -0.1) is 0 Å². The van der Waals surface area contributed by atoms with Gasteiger partial charge in [-0.3, -0.25) is 13.7 Å². The summed E-state index contributed by atoms with van der Waals surface area (Å²) in [6.45, 7) is 0.293. The number of nitrogens with two attached hydrogens (primary N) is 1. The van der Waals surface area contributed by atoms with Crippen LogP contribution in [0.5, 0.6) is 0 Å². The molecule has 2 aromatic rings. The topological polar surface area (TPSA) is 192 Å². The van der Waals surface area contributed by atoms with E-state index in [9.17, 15) is 23.4 Å². The Hall–Kier alpha value is -2.93. The number of aromatic nitrogens is 4. The van der Waals surface area contributed by atoms with Crippen LogP contribution >= 0.6 is 0 Å². The zero-order valence-electron chi connectivity index (χ0n) is 18.0. The summed E-state index contributed by atoms with van der Waals surface area (Å²) >= 11 is 0. The first kappa shape index (κ1) is 24.2. The molecule has 182 valence electrons. The summed E-state index contributed by atoms with van der Waals surface area (Å²) in [6.07, 6.45) is 4.15. The first-order chi connectivity index (χ1) is 16.1. The molecular formula is C20H24N6O7S. The zero-order chi connectivity index (χ0) is 24.3. The predicted octanol–water partition coefficient (Wildman–Crippen LogP) is -1.56. The molecule has 13 nitrogen and oxygen atoms in total. The van der Waals surface area contributed by atoms with Gasteiger partial charge in [-0.1, -0.05) is 11.8 Å². The molecule has 2 fully saturated rings. The lowest BCUT2D eigenvalue weighted by molar-refractivity contribution is -0.140. The summed E-state index contributed by atoms with van der Waals surface area (Å²) in [4.78, 5) is 21.1. The Bertz CT molecular complexity index is 1220. The zero-order valence-corrected chi connectivity index (χ0v) is 18.8. The van der Waals surface area contributed by atoms with E-state index in [0.29, 0.717) is 12.8 Å². The number of nitrogens with zero attached hydrogens (tertiary/aromatic N) is 4. The molecule has 1 aliphatic heterocycles. The third kappa shape index (κ3) is 5.95. The van der Waals surface area contributed by atoms with E-state index in [4.69, 9.17) is 9.88 Å². The van der Waals surface area contributed by atoms with Crippen molar-refractivity contribution < 1.29 is 32.3 Å². The molecule has 34 heavy (non-hydrogen) atoms. The molecule has 0 bridgehead atoms. The highest BCUT2D eigenvalue weighted by atomic mass is 32.2. The number of ketones is 1. The lowest BCUT2D eigenvalue weighted by Gasteiger charge is -2.30. The SMILES string of the molecule is NS(=O)(=O)OC[C@H]1C[C@@H](Nc2ncncc2C(=O)c2ccn(CC#CC3(O)COC3)n2)C[C@@H]1O. The van der Waals surface area contributed by atoms with Gasteiger partial charge in [0.25, 0.3) is 0 Å². The molecule has 0 aromatic carbocycles. The van der Waals surface area contributed by atoms with Crippen molar-refractivity contribution in [3.05, 3.63) is 36.0 Å². The lowest BCUT2D eigenvalue weighted by Crippen LogP contribution is -2.48. The van der Waals surface area contributed by atoms with Gasteiger partial charge in [0.2, 0.25) is 5.78 Å². The lowest BCUT2D eigenvalue weighted by atomic mass is 10.0. The molecule has 2 aromatic heterocycles. The molecule has 3 heterocycles. The molecular weight excluding hydrogens is 468 g/mol. The number of rotatable bonds is 8. The summed E-state index contributed by atoms with van der Waals surface area (Å²) in [5.74, 6) is 4.95. The highest BCUT2D eigenvalue weighted by molar-refractivity contribution is 7.84. The molecule has 2 aliphatic rings. The second-order valence-electron chi connectivity index (χ2n) is 8.26. The minimum Gasteiger partial charge on any atom is -0.393 e. The van der Waals surface area contributed by atoms with Crippen molar-refractivity contribution in [3.63, 3.8) is 0 Å². The van der Waals surface area contributed by atoms with Crippen molar-refractivity contribution in [2.24, 2.45) is 11.1 Å². The predicted molar refractivity (Wildman–Crippen MR) is 116 cm³/mol. The molecule has 1 saturated heterocycles. The van der Waals surface area contributed by atoms with Gasteiger partial charge in [-0.05, 0) is 18.9 Å². The maximum absolute atomic E-state index is 13.0. The first-order valence-electron chi connectivity index (χ1n) is 10.4. The van der Waals surface area contributed by atoms with Crippen LogP contribution in [0.25, 0.3) is 0 Å². The third-order valence-electron chi connectivity index (χ3n) is 5.52. The second-order valence-corrected chi connectivity index (χ2v) is 9.48. The van der Waals surface area contributed by atoms with Crippen LogP contribution in [0.2, 0.25) is 0 Å². The number of hydrogen-bond acceptors (Lipinski definition) is 11. The van der Waals surface area contributed by atoms with Crippen LogP contribution in [-0.2, 0) is 25.8 Å². The van der Waals surface area contributed by atoms with Crippen LogP contribution in [0.4, 0.5) is 5.82 Å². The molecule has 1 saturated carbocycles. The number of ether oxygens (including phenoxy) is 1. The van der Waals surface area contributed by atoms with Crippen molar-refractivity contribution >= 4 is 21.9 Å². The monoisotopic (exact) mass is 492 g/mol. The van der Waals surface area contributed by atoms with Gasteiger partial charge in [0.05, 0.1) is 31.5 Å². The molecule has 0 unspecified atom stereocenters. The van der Waals surface area contributed by atoms with Gasteiger partial charge in [-0.25, -0.2) is 15.1 Å². The van der Waals surface area contributed by atoms with Crippen LogP contribution in [0, 0.1) is 17.8 Å². The Morgan fingerprint density at radius 1 is 1.41 bits per heavy atom. The fraction of sp³-hybridized carbons (Fsp3) is 0.500. The fourth-order valence-electron chi connectivity index (χ4n) is 3.75. The van der Waals surface area contributed by atoms with Crippen LogP contribution in [0.1, 0.15) is 28.9 Å². The Labute approximate surface area is 195 Å². The maximum atomic E-state index is 13.0. The van der Waals surface area contributed by atoms with Crippen LogP contribution < -0.4 is 10.5 Å². The quantitative estimate of drug-likeness (QED) is 0.246. The Morgan fingerprint density at radius 3 is 2.91 bits per heavy atom. The molecule has 0 spiro atoms. The van der Waals surface area contributed by atoms with Crippen LogP contribution in [0.15, 0.2) is 24.8 Å². The van der Waals surface area contributed by atoms with E-state index in [-0.39, 0.29) is 49.5 Å². The van der Waals surface area contributed by atoms with E-state index in [1.54, 1.807) is 12.3 Å². The standard InChI is InChI=1S/C20H24N6O7S/c21-34(30,31)33-9-13-6-14(7-17(13)27)24-19-15(8-22-12-23-19)18(28)16-2-5-26(25-16)4-1-3-20(29)10-32-11-20/h2,5,8,12-14,17,27,29H,4,6-7,9-11H2,(H2,21,30,31)(H,22,23,24)/t13-,14-,17+/m1/s1. The van der Waals surface area contributed by atoms with Gasteiger partial charge in [0.1, 0.15) is 24.4 Å². The number of carbonyl (C=O) groups excluding carboxylic acids is 1. The van der Waals surface area contributed by atoms with E-state index in [0.717, 1.165) is 0 Å². The third-order valence-corrected chi connectivity index (χ3v) is 5.98. The number of aliphatic hydroxyl groups excluding tert-OH is 1. The van der Waals surface area contributed by atoms with Gasteiger partial charge in [0.15, 0.2) is 5.60 Å². The number of anilines is 1. The first-order valence-corrected chi connectivity index (χ1v) is 11.9. The highest BCUT2D eigenvalue weighted by Gasteiger charge is 2.35. The average Bonchev–Trinajstić information content (AvgIpc) is 3.37. The molecule has 3 atom stereocenters. The van der Waals surface area contributed by atoms with Crippen LogP contribution in [-0.4, -0.2) is 81.7 Å². The molecule has 0 radical (unpaired) electrons. The molecule has 0 amide bonds. The highest BCUT2D eigenvalue weighted by Crippen LogP contribution is 2.30. The van der Waals surface area contributed by atoms with Gasteiger partial charge >= 0.3 is 10.3 Å². The van der Waals surface area contributed by atoms with Gasteiger partial charge in [-0.2, -0.15) is 13.5 Å². The second kappa shape index (κ2) is 9.74. The normalized spacial score (nSPS) is 23.6. The van der Waals surface area contributed by atoms with Gasteiger partial charge < -0.3 is 20.3 Å². The van der Waals surface area contributed by atoms with Crippen molar-refractivity contribution in [1.29, 1.82) is 0 Å². The van der Waals surface area contributed by atoms with E-state index in [1.807, 2.05) is 0 Å². The molecule has 14 heteroatoms. The molecule has 1 aliphatic carbocycles. The Kier molecular flexibility index (Phi) is 6.94. The summed E-state index contributed by atoms with van der Waals surface area (Å²) in [6, 6.07) is 1.27. The van der Waals surface area contributed by atoms with Crippen molar-refractivity contribution in [1.82, 2.24) is 19.7 Å². The Balaban J connectivity index is 1.40. The van der Waals surface area contributed by atoms with E-state index >= 15 is 0 Å². The number of hydrogen-bond donors (Lipinski definition) is 4. The Morgan fingerprint density at radius 2 is 2.21 bits per heavy atom. The van der Waals surface area contributed by atoms with E-state index in [1.165, 1.54) is 17.2 Å². The van der Waals surface area contributed by atoms with Gasteiger partial charge in [0, 0.05) is 24.4 Å². The smallest absolute Gasteiger partial charge is 0.333 e. The van der Waals surface area contributed by atoms with E-state index in [2.05, 4.69) is 36.4 Å².